The molecular weight excluding hydrogens is 264 g/mol. The predicted octanol–water partition coefficient (Wildman–Crippen LogP) is 2.95. The molecule has 3 nitrogen and oxygen atoms in total. The minimum absolute atomic E-state index is 0.0660. The molecule has 0 heterocycles. The number of allylic oxidation sites excluding steroid dienone is 2. The molecule has 1 N–H and O–H groups in total. The van der Waals surface area contributed by atoms with Crippen LogP contribution in [0.2, 0.25) is 0 Å². The van der Waals surface area contributed by atoms with Gasteiger partial charge in [0, 0.05) is 17.5 Å². The highest BCUT2D eigenvalue weighted by Crippen LogP contribution is 2.50. The average Bonchev–Trinajstić information content (AvgIpc) is 2.97. The maximum atomic E-state index is 14.0. The Balaban J connectivity index is 2.22. The van der Waals surface area contributed by atoms with Crippen LogP contribution in [0, 0.1) is 34.8 Å². The van der Waals surface area contributed by atoms with Crippen LogP contribution in [-0.2, 0) is 4.79 Å². The first-order chi connectivity index (χ1) is 9.54. The van der Waals surface area contributed by atoms with Gasteiger partial charge in [-0.15, -0.1) is 0 Å². The molecule has 2 unspecified atom stereocenters. The van der Waals surface area contributed by atoms with Crippen LogP contribution in [0.3, 0.4) is 0 Å². The van der Waals surface area contributed by atoms with Gasteiger partial charge in [0.1, 0.15) is 11.9 Å². The van der Waals surface area contributed by atoms with Crippen molar-refractivity contribution in [3.05, 3.63) is 34.9 Å². The minimum Gasteiger partial charge on any atom is -0.505 e. The highest BCUT2D eigenvalue weighted by molar-refractivity contribution is 6.12. The molecule has 0 radical (unpaired) electrons. The monoisotopic (exact) mass is 275 g/mol. The van der Waals surface area contributed by atoms with E-state index >= 15 is 0 Å². The van der Waals surface area contributed by atoms with E-state index in [1.165, 1.54) is 0 Å². The van der Waals surface area contributed by atoms with Crippen molar-refractivity contribution in [2.75, 3.05) is 0 Å². The number of benzene rings is 1. The fourth-order valence-electron chi connectivity index (χ4n) is 3.32. The van der Waals surface area contributed by atoms with Gasteiger partial charge in [0.25, 0.3) is 0 Å². The molecule has 1 saturated carbocycles. The van der Waals surface area contributed by atoms with Crippen molar-refractivity contribution in [1.82, 2.24) is 0 Å². The van der Waals surface area contributed by atoms with Crippen LogP contribution in [0.1, 0.15) is 24.8 Å². The molecule has 0 spiro atoms. The zero-order chi connectivity index (χ0) is 14.4. The van der Waals surface area contributed by atoms with Gasteiger partial charge in [-0.2, -0.15) is 5.26 Å². The summed E-state index contributed by atoms with van der Waals surface area (Å²) in [6.45, 7) is 0. The summed E-state index contributed by atoms with van der Waals surface area (Å²) in [5.41, 5.74) is 0.152. The Morgan fingerprint density at radius 2 is 1.90 bits per heavy atom. The summed E-state index contributed by atoms with van der Waals surface area (Å²) in [5.74, 6) is -3.31. The van der Waals surface area contributed by atoms with Gasteiger partial charge >= 0.3 is 0 Å². The number of hydrogen-bond donors (Lipinski definition) is 1. The summed E-state index contributed by atoms with van der Waals surface area (Å²) in [6.07, 6.45) is 2.21. The van der Waals surface area contributed by atoms with E-state index in [2.05, 4.69) is 0 Å². The van der Waals surface area contributed by atoms with E-state index in [1.807, 2.05) is 6.07 Å². The summed E-state index contributed by atoms with van der Waals surface area (Å²) in [5, 5.41) is 18.3. The van der Waals surface area contributed by atoms with Gasteiger partial charge in [-0.3, -0.25) is 4.79 Å². The number of phenolic OH excluding ortho intramolecular Hbond substituents is 1. The third kappa shape index (κ3) is 1.64. The summed E-state index contributed by atoms with van der Waals surface area (Å²) in [6, 6.07) is 3.38. The number of phenols is 1. The van der Waals surface area contributed by atoms with Gasteiger partial charge in [0.05, 0.1) is 5.57 Å². The number of halogens is 2. The molecule has 2 aliphatic rings. The lowest BCUT2D eigenvalue weighted by Gasteiger charge is -2.14. The van der Waals surface area contributed by atoms with Crippen molar-refractivity contribution in [2.45, 2.75) is 19.3 Å². The van der Waals surface area contributed by atoms with E-state index in [0.717, 1.165) is 12.5 Å². The predicted molar refractivity (Wildman–Crippen MR) is 66.4 cm³/mol. The number of carbonyl (C=O) groups is 1. The quantitative estimate of drug-likeness (QED) is 0.857. The maximum Gasteiger partial charge on any atom is 0.177 e. The van der Waals surface area contributed by atoms with E-state index in [1.54, 1.807) is 0 Å². The van der Waals surface area contributed by atoms with Crippen molar-refractivity contribution < 1.29 is 18.7 Å². The van der Waals surface area contributed by atoms with Crippen molar-refractivity contribution >= 4 is 11.4 Å². The summed E-state index contributed by atoms with van der Waals surface area (Å²) >= 11 is 0. The summed E-state index contributed by atoms with van der Waals surface area (Å²) < 4.78 is 27.5. The van der Waals surface area contributed by atoms with E-state index in [0.29, 0.717) is 24.5 Å². The lowest BCUT2D eigenvalue weighted by molar-refractivity contribution is -0.118. The van der Waals surface area contributed by atoms with Gasteiger partial charge in [-0.1, -0.05) is 6.42 Å². The Labute approximate surface area is 114 Å². The third-order valence-corrected chi connectivity index (χ3v) is 4.18. The Morgan fingerprint density at radius 3 is 2.60 bits per heavy atom. The number of rotatable bonds is 1. The molecule has 102 valence electrons. The van der Waals surface area contributed by atoms with Crippen LogP contribution >= 0.6 is 0 Å². The normalized spacial score (nSPS) is 24.9. The fraction of sp³-hybridized carbons (Fsp3) is 0.333. The van der Waals surface area contributed by atoms with Gasteiger partial charge in [0.2, 0.25) is 0 Å². The first-order valence-corrected chi connectivity index (χ1v) is 6.41. The first kappa shape index (κ1) is 12.8. The Hall–Kier alpha value is -2.22. The number of nitrogens with zero attached hydrogens (tertiary/aromatic N) is 1. The molecule has 0 aromatic heterocycles. The second-order valence-electron chi connectivity index (χ2n) is 5.19. The molecule has 0 amide bonds. The minimum atomic E-state index is -0.958. The van der Waals surface area contributed by atoms with E-state index in [-0.39, 0.29) is 28.8 Å². The molecule has 2 atom stereocenters. The standard InChI is InChI=1S/C15H11F2NO2/c16-11-5-13(19)12(17)4-9(11)14-7-2-1-3-8(7)15(20)10(14)6-18/h4-5,7-8,19H,1-3H2. The van der Waals surface area contributed by atoms with Gasteiger partial charge < -0.3 is 5.11 Å². The van der Waals surface area contributed by atoms with E-state index in [4.69, 9.17) is 10.4 Å². The molecule has 2 aliphatic carbocycles. The molecule has 20 heavy (non-hydrogen) atoms. The van der Waals surface area contributed by atoms with Gasteiger partial charge in [-0.05, 0) is 30.4 Å². The van der Waals surface area contributed by atoms with Crippen molar-refractivity contribution in [2.24, 2.45) is 11.8 Å². The SMILES string of the molecule is N#CC1=C(c2cc(F)c(O)cc2F)C2CCCC2C1=O. The number of fused-ring (bicyclic) bond motifs is 1. The Bertz CT molecular complexity index is 688. The number of hydrogen-bond acceptors (Lipinski definition) is 3. The molecule has 1 aromatic rings. The highest BCUT2D eigenvalue weighted by atomic mass is 19.1. The van der Waals surface area contributed by atoms with Crippen LogP contribution in [-0.4, -0.2) is 10.9 Å². The maximum absolute atomic E-state index is 14.0. The summed E-state index contributed by atoms with van der Waals surface area (Å²) in [7, 11) is 0. The Morgan fingerprint density at radius 1 is 1.20 bits per heavy atom. The van der Waals surface area contributed by atoms with Crippen molar-refractivity contribution in [3.63, 3.8) is 0 Å². The number of nitriles is 1. The molecule has 1 aromatic carbocycles. The molecule has 1 fully saturated rings. The topological polar surface area (TPSA) is 61.1 Å². The highest BCUT2D eigenvalue weighted by Gasteiger charge is 2.45. The van der Waals surface area contributed by atoms with Crippen molar-refractivity contribution in [1.29, 1.82) is 5.26 Å². The van der Waals surface area contributed by atoms with Gasteiger partial charge in [-0.25, -0.2) is 8.78 Å². The molecule has 5 heteroatoms. The summed E-state index contributed by atoms with van der Waals surface area (Å²) in [4.78, 5) is 12.1. The van der Waals surface area contributed by atoms with Crippen molar-refractivity contribution in [3.8, 4) is 11.8 Å². The van der Waals surface area contributed by atoms with Crippen LogP contribution < -0.4 is 0 Å². The molecule has 0 bridgehead atoms. The van der Waals surface area contributed by atoms with Gasteiger partial charge in [0.15, 0.2) is 17.3 Å². The van der Waals surface area contributed by atoms with E-state index in [9.17, 15) is 13.6 Å². The fourth-order valence-corrected chi connectivity index (χ4v) is 3.32. The molecule has 0 saturated heterocycles. The second kappa shape index (κ2) is 4.41. The lowest BCUT2D eigenvalue weighted by Crippen LogP contribution is -2.11. The zero-order valence-corrected chi connectivity index (χ0v) is 10.5. The third-order valence-electron chi connectivity index (χ3n) is 4.18. The number of ketones is 1. The average molecular weight is 275 g/mol. The number of aromatic hydroxyl groups is 1. The zero-order valence-electron chi connectivity index (χ0n) is 10.5. The molecule has 0 aliphatic heterocycles. The second-order valence-corrected chi connectivity index (χ2v) is 5.19. The largest absolute Gasteiger partial charge is 0.505 e. The molecular formula is C15H11F2NO2. The van der Waals surface area contributed by atoms with Crippen LogP contribution in [0.5, 0.6) is 5.75 Å². The Kier molecular flexibility index (Phi) is 2.82. The molecule has 3 rings (SSSR count). The van der Waals surface area contributed by atoms with Crippen LogP contribution in [0.4, 0.5) is 8.78 Å². The van der Waals surface area contributed by atoms with Crippen LogP contribution in [0.25, 0.3) is 5.57 Å². The smallest absolute Gasteiger partial charge is 0.177 e. The first-order valence-electron chi connectivity index (χ1n) is 6.41. The van der Waals surface area contributed by atoms with E-state index < -0.39 is 17.4 Å². The van der Waals surface area contributed by atoms with Crippen LogP contribution in [0.15, 0.2) is 17.7 Å². The number of Topliss-reactive ketones (excluding diaryl/α,β-unsaturated/α-hetero) is 1. The number of carbonyl (C=O) groups excluding carboxylic acids is 1. The lowest BCUT2D eigenvalue weighted by atomic mass is 9.89.